The summed E-state index contributed by atoms with van der Waals surface area (Å²) in [4.78, 5) is 20.4. The number of benzene rings is 2. The molecule has 0 amide bonds. The molecule has 3 aromatic heterocycles. The molecule has 0 saturated carbocycles. The van der Waals surface area contributed by atoms with E-state index in [0.29, 0.717) is 0 Å². The van der Waals surface area contributed by atoms with E-state index in [1.165, 1.54) is 24.9 Å². The van der Waals surface area contributed by atoms with E-state index in [4.69, 9.17) is 9.97 Å². The van der Waals surface area contributed by atoms with Gasteiger partial charge in [0, 0.05) is 35.2 Å². The number of rotatable bonds is 3. The lowest BCUT2D eigenvalue weighted by Gasteiger charge is -2.29. The van der Waals surface area contributed by atoms with Crippen LogP contribution < -0.4 is 4.90 Å². The third-order valence-corrected chi connectivity index (χ3v) is 8.35. The molecule has 5 nitrogen and oxygen atoms in total. The molecule has 5 aromatic rings. The van der Waals surface area contributed by atoms with Crippen molar-refractivity contribution >= 4 is 52.1 Å². The molecule has 0 radical (unpaired) electrons. The van der Waals surface area contributed by atoms with Gasteiger partial charge in [0.25, 0.3) is 0 Å². The number of hydrogen-bond donors (Lipinski definition) is 2. The Balaban J connectivity index is 1.51. The zero-order valence-corrected chi connectivity index (χ0v) is 23.3. The minimum Gasteiger partial charge on any atom is -0.368 e. The van der Waals surface area contributed by atoms with Crippen molar-refractivity contribution in [2.24, 2.45) is 0 Å². The van der Waals surface area contributed by atoms with E-state index in [9.17, 15) is 0 Å². The van der Waals surface area contributed by atoms with E-state index in [1.807, 2.05) is 0 Å². The molecule has 2 N–H and O–H groups in total. The van der Waals surface area contributed by atoms with Crippen LogP contribution in [0.5, 0.6) is 0 Å². The first-order chi connectivity index (χ1) is 20.8. The number of anilines is 1. The van der Waals surface area contributed by atoms with Crippen molar-refractivity contribution < 1.29 is 0 Å². The second-order valence-corrected chi connectivity index (χ2v) is 11.1. The van der Waals surface area contributed by atoms with Crippen molar-refractivity contribution in [2.45, 2.75) is 19.3 Å². The van der Waals surface area contributed by atoms with Crippen LogP contribution >= 0.6 is 0 Å². The summed E-state index contributed by atoms with van der Waals surface area (Å²) < 4.78 is 0. The number of nitrogens with zero attached hydrogens (tertiary/aromatic N) is 3. The van der Waals surface area contributed by atoms with E-state index in [2.05, 4.69) is 130 Å². The second-order valence-electron chi connectivity index (χ2n) is 11.1. The molecule has 1 fully saturated rings. The number of H-pyrrole nitrogens is 2. The lowest BCUT2D eigenvalue weighted by atomic mass is 10.0. The lowest BCUT2D eigenvalue weighted by Crippen LogP contribution is -2.29. The topological polar surface area (TPSA) is 60.6 Å². The summed E-state index contributed by atoms with van der Waals surface area (Å²) in [7, 11) is 0. The summed E-state index contributed by atoms with van der Waals surface area (Å²) in [5.74, 6) is 0. The van der Waals surface area contributed by atoms with Crippen LogP contribution in [0.1, 0.15) is 42.0 Å². The van der Waals surface area contributed by atoms with Gasteiger partial charge in [-0.25, -0.2) is 9.97 Å². The summed E-state index contributed by atoms with van der Waals surface area (Å²) in [5, 5.41) is 0. The van der Waals surface area contributed by atoms with E-state index < -0.39 is 0 Å². The Bertz CT molecular complexity index is 1870. The molecule has 42 heavy (non-hydrogen) atoms. The summed E-state index contributed by atoms with van der Waals surface area (Å²) >= 11 is 0. The first-order valence-corrected chi connectivity index (χ1v) is 14.8. The highest BCUT2D eigenvalue weighted by molar-refractivity contribution is 5.97. The number of aromatic amines is 2. The van der Waals surface area contributed by atoms with Crippen molar-refractivity contribution in [3.63, 3.8) is 0 Å². The van der Waals surface area contributed by atoms with Gasteiger partial charge >= 0.3 is 0 Å². The van der Waals surface area contributed by atoms with Crippen molar-refractivity contribution in [1.82, 2.24) is 19.9 Å². The van der Waals surface area contributed by atoms with Gasteiger partial charge in [0.2, 0.25) is 0 Å². The van der Waals surface area contributed by atoms with Gasteiger partial charge in [0.1, 0.15) is 0 Å². The number of aromatic nitrogens is 4. The predicted octanol–water partition coefficient (Wildman–Crippen LogP) is 8.98. The number of hydrogen-bond acceptors (Lipinski definition) is 3. The summed E-state index contributed by atoms with van der Waals surface area (Å²) in [6.45, 7) is 2.08. The third-order valence-electron chi connectivity index (χ3n) is 8.35. The molecule has 1 saturated heterocycles. The Morgan fingerprint density at radius 2 is 0.976 bits per heavy atom. The Kier molecular flexibility index (Phi) is 6.07. The second kappa shape index (κ2) is 10.3. The largest absolute Gasteiger partial charge is 0.368 e. The molecule has 0 aliphatic carbocycles. The Morgan fingerprint density at radius 3 is 1.48 bits per heavy atom. The predicted molar refractivity (Wildman–Crippen MR) is 176 cm³/mol. The fourth-order valence-electron chi connectivity index (χ4n) is 6.40. The molecule has 0 atom stereocenters. The molecule has 204 valence electrons. The molecule has 3 aliphatic rings. The van der Waals surface area contributed by atoms with Crippen LogP contribution in [0.15, 0.2) is 91.0 Å². The average molecular weight is 546 g/mol. The molecule has 2 aromatic carbocycles. The van der Waals surface area contributed by atoms with Gasteiger partial charge in [-0.2, -0.15) is 0 Å². The first-order valence-electron chi connectivity index (χ1n) is 14.8. The molecule has 8 bridgehead atoms. The van der Waals surface area contributed by atoms with E-state index in [1.54, 1.807) is 0 Å². The maximum absolute atomic E-state index is 5.08. The fraction of sp³-hybridized carbons (Fsp3) is 0.135. The first kappa shape index (κ1) is 24.6. The fourth-order valence-corrected chi connectivity index (χ4v) is 6.40. The Morgan fingerprint density at radius 1 is 0.500 bits per heavy atom. The van der Waals surface area contributed by atoms with Gasteiger partial charge in [-0.3, -0.25) is 0 Å². The van der Waals surface area contributed by atoms with Gasteiger partial charge in [0.15, 0.2) is 0 Å². The zero-order chi connectivity index (χ0) is 27.9. The molecular formula is C37H31N5. The maximum atomic E-state index is 5.08. The Labute approximate surface area is 244 Å². The minimum absolute atomic E-state index is 0.894. The van der Waals surface area contributed by atoms with Gasteiger partial charge < -0.3 is 14.9 Å². The molecular weight excluding hydrogens is 514 g/mol. The van der Waals surface area contributed by atoms with Crippen LogP contribution in [0.2, 0.25) is 0 Å². The lowest BCUT2D eigenvalue weighted by molar-refractivity contribution is 0.579. The summed E-state index contributed by atoms with van der Waals surface area (Å²) in [6.07, 6.45) is 12.1. The molecule has 8 rings (SSSR count). The molecule has 3 aliphatic heterocycles. The van der Waals surface area contributed by atoms with Gasteiger partial charge in [0.05, 0.1) is 39.5 Å². The number of nitrogens with one attached hydrogen (secondary N) is 2. The van der Waals surface area contributed by atoms with Gasteiger partial charge in [-0.1, -0.05) is 60.7 Å². The molecule has 6 heterocycles. The smallest absolute Gasteiger partial charge is 0.0844 e. The highest BCUT2D eigenvalue weighted by Gasteiger charge is 2.18. The van der Waals surface area contributed by atoms with Crippen LogP contribution in [-0.4, -0.2) is 33.0 Å². The van der Waals surface area contributed by atoms with Crippen LogP contribution in [0.25, 0.3) is 68.6 Å². The molecule has 5 heteroatoms. The zero-order valence-electron chi connectivity index (χ0n) is 23.3. The van der Waals surface area contributed by atoms with E-state index >= 15 is 0 Å². The monoisotopic (exact) mass is 545 g/mol. The summed E-state index contributed by atoms with van der Waals surface area (Å²) in [6, 6.07) is 32.0. The van der Waals surface area contributed by atoms with Crippen LogP contribution in [-0.2, 0) is 0 Å². The van der Waals surface area contributed by atoms with Crippen molar-refractivity contribution in [3.05, 3.63) is 114 Å². The minimum atomic E-state index is 0.894. The van der Waals surface area contributed by atoms with Gasteiger partial charge in [-0.15, -0.1) is 0 Å². The van der Waals surface area contributed by atoms with Crippen molar-refractivity contribution in [2.75, 3.05) is 18.0 Å². The van der Waals surface area contributed by atoms with Crippen LogP contribution in [0.3, 0.4) is 0 Å². The molecule has 0 spiro atoms. The SMILES string of the molecule is C1=Cc2nc1cc1nc(c(-c3ccccc3)c3ccc([nH]3)c(N3CCCCC3)c3ccc([nH]3)c2-c2ccccc2)C=C1. The van der Waals surface area contributed by atoms with Crippen molar-refractivity contribution in [1.29, 1.82) is 0 Å². The third kappa shape index (κ3) is 4.44. The van der Waals surface area contributed by atoms with Crippen LogP contribution in [0, 0.1) is 0 Å². The normalized spacial score (nSPS) is 14.4. The average Bonchev–Trinajstić information content (AvgIpc) is 3.86. The standard InChI is InChI=1S/C37H31N5/c1-4-10-25(11-5-1)35-29-16-14-27(38-29)24-28-15-17-30(39-28)36(26-12-6-2-7-13-26)32-19-21-34(41-32)37(33-20-18-31(35)40-33)42-22-8-3-9-23-42/h1-2,4-7,10-21,24,40-41H,3,8-9,22-23H2. The maximum Gasteiger partial charge on any atom is 0.0844 e. The Hall–Kier alpha value is -5.16. The van der Waals surface area contributed by atoms with Gasteiger partial charge in [-0.05, 0) is 85.0 Å². The summed E-state index contributed by atoms with van der Waals surface area (Å²) in [5.41, 5.74) is 13.7. The van der Waals surface area contributed by atoms with Crippen molar-refractivity contribution in [3.8, 4) is 22.3 Å². The number of fused-ring (bicyclic) bond motifs is 8. The highest BCUT2D eigenvalue weighted by Crippen LogP contribution is 2.35. The number of piperidine rings is 1. The molecule has 0 unspecified atom stereocenters. The van der Waals surface area contributed by atoms with E-state index in [0.717, 1.165) is 80.2 Å². The highest BCUT2D eigenvalue weighted by atomic mass is 15.1. The quantitative estimate of drug-likeness (QED) is 0.233. The van der Waals surface area contributed by atoms with E-state index in [-0.39, 0.29) is 0 Å². The van der Waals surface area contributed by atoms with Crippen LogP contribution in [0.4, 0.5) is 5.69 Å².